The number of hydrogen-bond acceptors (Lipinski definition) is 1. The van der Waals surface area contributed by atoms with E-state index >= 15 is 0 Å². The normalized spacial score (nSPS) is 11.5. The zero-order valence-corrected chi connectivity index (χ0v) is 12.1. The SMILES string of the molecule is Cc1cc(C(=O)c2ccc(C(F)(F)F)cc2)c(C)cc1Cl. The zero-order chi connectivity index (χ0) is 15.8. The first kappa shape index (κ1) is 15.6. The number of rotatable bonds is 2. The lowest BCUT2D eigenvalue weighted by atomic mass is 9.96. The molecule has 0 bridgehead atoms. The summed E-state index contributed by atoms with van der Waals surface area (Å²) in [4.78, 5) is 12.4. The molecule has 21 heavy (non-hydrogen) atoms. The van der Waals surface area contributed by atoms with Crippen LogP contribution in [0.4, 0.5) is 13.2 Å². The molecule has 5 heteroatoms. The first-order valence-corrected chi connectivity index (χ1v) is 6.56. The first-order chi connectivity index (χ1) is 9.70. The molecular formula is C16H12ClF3O. The molecule has 0 N–H and O–H groups in total. The quantitative estimate of drug-likeness (QED) is 0.696. The van der Waals surface area contributed by atoms with Crippen LogP contribution in [0.5, 0.6) is 0 Å². The van der Waals surface area contributed by atoms with Crippen LogP contribution in [-0.4, -0.2) is 5.78 Å². The van der Waals surface area contributed by atoms with Crippen molar-refractivity contribution in [1.82, 2.24) is 0 Å². The summed E-state index contributed by atoms with van der Waals surface area (Å²) in [5.74, 6) is -0.319. The van der Waals surface area contributed by atoms with Gasteiger partial charge in [-0.05, 0) is 49.2 Å². The van der Waals surface area contributed by atoms with Crippen LogP contribution in [0.2, 0.25) is 5.02 Å². The van der Waals surface area contributed by atoms with Crippen LogP contribution in [0, 0.1) is 13.8 Å². The molecule has 0 fully saturated rings. The molecule has 0 aliphatic rings. The summed E-state index contributed by atoms with van der Waals surface area (Å²) < 4.78 is 37.5. The molecule has 2 aromatic carbocycles. The lowest BCUT2D eigenvalue weighted by Gasteiger charge is -2.10. The molecule has 0 amide bonds. The number of ketones is 1. The Kier molecular flexibility index (Phi) is 4.10. The lowest BCUT2D eigenvalue weighted by Crippen LogP contribution is -2.07. The molecule has 0 aliphatic carbocycles. The van der Waals surface area contributed by atoms with Gasteiger partial charge in [0, 0.05) is 16.1 Å². The van der Waals surface area contributed by atoms with Crippen molar-refractivity contribution in [3.05, 3.63) is 69.2 Å². The maximum absolute atomic E-state index is 12.5. The van der Waals surface area contributed by atoms with Crippen molar-refractivity contribution in [2.75, 3.05) is 0 Å². The second-order valence-corrected chi connectivity index (χ2v) is 5.23. The molecule has 0 atom stereocenters. The van der Waals surface area contributed by atoms with Crippen molar-refractivity contribution in [2.24, 2.45) is 0 Å². The second-order valence-electron chi connectivity index (χ2n) is 4.82. The maximum atomic E-state index is 12.5. The van der Waals surface area contributed by atoms with Gasteiger partial charge in [0.15, 0.2) is 5.78 Å². The number of carbonyl (C=O) groups excluding carboxylic acids is 1. The number of hydrogen-bond donors (Lipinski definition) is 0. The Bertz CT molecular complexity index is 688. The molecule has 0 saturated carbocycles. The molecule has 0 aliphatic heterocycles. The summed E-state index contributed by atoms with van der Waals surface area (Å²) in [6.45, 7) is 3.51. The fourth-order valence-electron chi connectivity index (χ4n) is 1.99. The van der Waals surface area contributed by atoms with Crippen molar-refractivity contribution in [3.63, 3.8) is 0 Å². The summed E-state index contributed by atoms with van der Waals surface area (Å²) in [7, 11) is 0. The van der Waals surface area contributed by atoms with Crippen molar-refractivity contribution in [3.8, 4) is 0 Å². The van der Waals surface area contributed by atoms with Crippen LogP contribution in [0.1, 0.15) is 32.6 Å². The smallest absolute Gasteiger partial charge is 0.289 e. The van der Waals surface area contributed by atoms with Crippen molar-refractivity contribution in [1.29, 1.82) is 0 Å². The lowest BCUT2D eigenvalue weighted by molar-refractivity contribution is -0.137. The Morgan fingerprint density at radius 2 is 1.57 bits per heavy atom. The monoisotopic (exact) mass is 312 g/mol. The third kappa shape index (κ3) is 3.27. The molecular weight excluding hydrogens is 301 g/mol. The fourth-order valence-corrected chi connectivity index (χ4v) is 2.21. The maximum Gasteiger partial charge on any atom is 0.416 e. The fraction of sp³-hybridized carbons (Fsp3) is 0.188. The minimum Gasteiger partial charge on any atom is -0.289 e. The third-order valence-corrected chi connectivity index (χ3v) is 3.63. The van der Waals surface area contributed by atoms with E-state index < -0.39 is 11.7 Å². The number of benzene rings is 2. The van der Waals surface area contributed by atoms with Gasteiger partial charge in [0.2, 0.25) is 0 Å². The number of carbonyl (C=O) groups is 1. The Labute approximate surface area is 125 Å². The van der Waals surface area contributed by atoms with Gasteiger partial charge in [-0.1, -0.05) is 23.7 Å². The van der Waals surface area contributed by atoms with E-state index in [1.807, 2.05) is 0 Å². The number of halogens is 4. The van der Waals surface area contributed by atoms with Crippen LogP contribution in [0.15, 0.2) is 36.4 Å². The minimum absolute atomic E-state index is 0.216. The zero-order valence-electron chi connectivity index (χ0n) is 11.4. The van der Waals surface area contributed by atoms with E-state index in [1.165, 1.54) is 12.1 Å². The van der Waals surface area contributed by atoms with Gasteiger partial charge < -0.3 is 0 Å². The average molecular weight is 313 g/mol. The molecule has 0 aromatic heterocycles. The molecule has 0 unspecified atom stereocenters. The highest BCUT2D eigenvalue weighted by Crippen LogP contribution is 2.30. The summed E-state index contributed by atoms with van der Waals surface area (Å²) >= 11 is 5.97. The largest absolute Gasteiger partial charge is 0.416 e. The summed E-state index contributed by atoms with van der Waals surface area (Å²) in [5.41, 5.74) is 1.32. The van der Waals surface area contributed by atoms with Crippen LogP contribution >= 0.6 is 11.6 Å². The molecule has 110 valence electrons. The first-order valence-electron chi connectivity index (χ1n) is 6.19. The topological polar surface area (TPSA) is 17.1 Å². The third-order valence-electron chi connectivity index (χ3n) is 3.22. The highest BCUT2D eigenvalue weighted by molar-refractivity contribution is 6.31. The Morgan fingerprint density at radius 1 is 1.00 bits per heavy atom. The summed E-state index contributed by atoms with van der Waals surface area (Å²) in [6, 6.07) is 7.52. The van der Waals surface area contributed by atoms with Gasteiger partial charge in [0.05, 0.1) is 5.56 Å². The van der Waals surface area contributed by atoms with Gasteiger partial charge in [-0.2, -0.15) is 13.2 Å². The van der Waals surface area contributed by atoms with Gasteiger partial charge >= 0.3 is 6.18 Å². The van der Waals surface area contributed by atoms with Crippen molar-refractivity contribution in [2.45, 2.75) is 20.0 Å². The summed E-state index contributed by atoms with van der Waals surface area (Å²) in [5, 5.41) is 0.552. The van der Waals surface area contributed by atoms with Crippen LogP contribution in [0.3, 0.4) is 0 Å². The number of alkyl halides is 3. The van der Waals surface area contributed by atoms with E-state index in [1.54, 1.807) is 26.0 Å². The van der Waals surface area contributed by atoms with E-state index in [4.69, 9.17) is 11.6 Å². The number of aryl methyl sites for hydroxylation is 2. The van der Waals surface area contributed by atoms with Gasteiger partial charge in [-0.15, -0.1) is 0 Å². The molecule has 2 rings (SSSR count). The van der Waals surface area contributed by atoms with Gasteiger partial charge in [0.25, 0.3) is 0 Å². The van der Waals surface area contributed by atoms with Crippen LogP contribution in [0.25, 0.3) is 0 Å². The standard InChI is InChI=1S/C16H12ClF3O/c1-9-8-14(17)10(2)7-13(9)15(21)11-3-5-12(6-4-11)16(18,19)20/h3-8H,1-2H3. The van der Waals surface area contributed by atoms with E-state index in [0.717, 1.165) is 17.7 Å². The van der Waals surface area contributed by atoms with Crippen molar-refractivity contribution >= 4 is 17.4 Å². The minimum atomic E-state index is -4.41. The molecule has 2 aromatic rings. The molecule has 0 spiro atoms. The van der Waals surface area contributed by atoms with Gasteiger partial charge in [-0.3, -0.25) is 4.79 Å². The van der Waals surface area contributed by atoms with E-state index in [0.29, 0.717) is 16.1 Å². The van der Waals surface area contributed by atoms with E-state index in [-0.39, 0.29) is 11.3 Å². The molecule has 0 saturated heterocycles. The molecule has 1 nitrogen and oxygen atoms in total. The van der Waals surface area contributed by atoms with E-state index in [9.17, 15) is 18.0 Å². The molecule has 0 radical (unpaired) electrons. The average Bonchev–Trinajstić information content (AvgIpc) is 2.41. The Morgan fingerprint density at radius 3 is 2.10 bits per heavy atom. The van der Waals surface area contributed by atoms with E-state index in [2.05, 4.69) is 0 Å². The predicted octanol–water partition coefficient (Wildman–Crippen LogP) is 5.21. The van der Waals surface area contributed by atoms with Crippen LogP contribution in [-0.2, 0) is 6.18 Å². The summed E-state index contributed by atoms with van der Waals surface area (Å²) in [6.07, 6.45) is -4.41. The van der Waals surface area contributed by atoms with Gasteiger partial charge in [0.1, 0.15) is 0 Å². The van der Waals surface area contributed by atoms with Crippen LogP contribution < -0.4 is 0 Å². The second kappa shape index (κ2) is 5.53. The Hall–Kier alpha value is -1.81. The van der Waals surface area contributed by atoms with Crippen molar-refractivity contribution < 1.29 is 18.0 Å². The highest BCUT2D eigenvalue weighted by atomic mass is 35.5. The molecule has 0 heterocycles. The predicted molar refractivity (Wildman–Crippen MR) is 75.8 cm³/mol. The van der Waals surface area contributed by atoms with Gasteiger partial charge in [-0.25, -0.2) is 0 Å². The Balaban J connectivity index is 2.39. The highest BCUT2D eigenvalue weighted by Gasteiger charge is 2.30.